The minimum atomic E-state index is -0.0244. The van der Waals surface area contributed by atoms with Crippen molar-refractivity contribution in [3.63, 3.8) is 0 Å². The molecule has 0 bridgehead atoms. The van der Waals surface area contributed by atoms with E-state index in [-0.39, 0.29) is 18.1 Å². The van der Waals surface area contributed by atoms with Gasteiger partial charge in [-0.25, -0.2) is 0 Å². The molecule has 0 aliphatic carbocycles. The summed E-state index contributed by atoms with van der Waals surface area (Å²) >= 11 is 0. The summed E-state index contributed by atoms with van der Waals surface area (Å²) in [5.74, 6) is 0. The second kappa shape index (κ2) is 5.28. The summed E-state index contributed by atoms with van der Waals surface area (Å²) < 4.78 is 0. The van der Waals surface area contributed by atoms with Gasteiger partial charge >= 0.3 is 0 Å². The van der Waals surface area contributed by atoms with Crippen LogP contribution in [0, 0.1) is 10.4 Å². The molecular weight excluding hydrogens is 146 g/mol. The Balaban J connectivity index is 4.07. The van der Waals surface area contributed by atoms with E-state index in [2.05, 4.69) is 18.4 Å². The first kappa shape index (κ1) is 9.48. The Hall–Kier alpha value is -1.52. The monoisotopic (exact) mass is 156 g/mol. The Morgan fingerprint density at radius 1 is 1.36 bits per heavy atom. The first-order valence-corrected chi connectivity index (χ1v) is 3.03. The van der Waals surface area contributed by atoms with E-state index in [4.69, 9.17) is 0 Å². The third kappa shape index (κ3) is 3.24. The SMILES string of the molecule is C=CCN(CC=C)/[N+]([O-])=N/[O-]. The third-order valence-electron chi connectivity index (χ3n) is 0.992. The molecular formula is C6H10N3O2-. The van der Waals surface area contributed by atoms with Gasteiger partial charge < -0.3 is 10.4 Å². The molecule has 0 spiro atoms. The van der Waals surface area contributed by atoms with E-state index in [1.807, 2.05) is 0 Å². The van der Waals surface area contributed by atoms with Crippen LogP contribution in [0.2, 0.25) is 0 Å². The summed E-state index contributed by atoms with van der Waals surface area (Å²) in [6, 6.07) is 0. The van der Waals surface area contributed by atoms with E-state index in [1.165, 1.54) is 12.2 Å². The van der Waals surface area contributed by atoms with Gasteiger partial charge in [0.1, 0.15) is 0 Å². The quantitative estimate of drug-likeness (QED) is 0.258. The number of hydrogen-bond donors (Lipinski definition) is 0. The number of hydrogen-bond acceptors (Lipinski definition) is 3. The molecule has 11 heavy (non-hydrogen) atoms. The molecule has 0 aromatic rings. The summed E-state index contributed by atoms with van der Waals surface area (Å²) in [5.41, 5.74) is 0. The molecule has 0 aliphatic heterocycles. The minimum absolute atomic E-state index is 0.0244. The Bertz CT molecular complexity index is 157. The van der Waals surface area contributed by atoms with Crippen LogP contribution in [0.3, 0.4) is 0 Å². The lowest BCUT2D eigenvalue weighted by atomic mass is 10.5. The van der Waals surface area contributed by atoms with Crippen molar-refractivity contribution in [1.29, 1.82) is 0 Å². The zero-order valence-electron chi connectivity index (χ0n) is 6.14. The highest BCUT2D eigenvalue weighted by atomic mass is 16.6. The van der Waals surface area contributed by atoms with Crippen molar-refractivity contribution in [2.75, 3.05) is 13.1 Å². The van der Waals surface area contributed by atoms with Gasteiger partial charge in [-0.15, -0.1) is 18.2 Å². The van der Waals surface area contributed by atoms with Crippen molar-refractivity contribution in [2.24, 2.45) is 5.28 Å². The smallest absolute Gasteiger partial charge is 0.0950 e. The molecule has 5 nitrogen and oxygen atoms in total. The fourth-order valence-electron chi connectivity index (χ4n) is 0.564. The van der Waals surface area contributed by atoms with Gasteiger partial charge in [-0.2, -0.15) is 0 Å². The highest BCUT2D eigenvalue weighted by Gasteiger charge is 2.04. The van der Waals surface area contributed by atoms with Crippen molar-refractivity contribution in [1.82, 2.24) is 5.01 Å². The van der Waals surface area contributed by atoms with Crippen LogP contribution >= 0.6 is 0 Å². The van der Waals surface area contributed by atoms with E-state index in [9.17, 15) is 10.4 Å². The topological polar surface area (TPSA) is 64.7 Å². The second-order valence-electron chi connectivity index (χ2n) is 1.78. The van der Waals surface area contributed by atoms with Gasteiger partial charge in [0.25, 0.3) is 0 Å². The normalized spacial score (nSPS) is 10.7. The van der Waals surface area contributed by atoms with Crippen LogP contribution in [-0.2, 0) is 0 Å². The molecule has 0 aromatic heterocycles. The molecule has 0 rings (SSSR count). The highest BCUT2D eigenvalue weighted by Crippen LogP contribution is 1.90. The van der Waals surface area contributed by atoms with Gasteiger partial charge in [-0.1, -0.05) is 12.2 Å². The maximum atomic E-state index is 10.6. The zero-order chi connectivity index (χ0) is 8.69. The van der Waals surface area contributed by atoms with Gasteiger partial charge in [0, 0.05) is 4.97 Å². The first-order chi connectivity index (χ1) is 5.26. The lowest BCUT2D eigenvalue weighted by Gasteiger charge is -2.15. The average Bonchev–Trinajstić information content (AvgIpc) is 2.03. The lowest BCUT2D eigenvalue weighted by Crippen LogP contribution is -2.30. The zero-order valence-corrected chi connectivity index (χ0v) is 6.14. The Kier molecular flexibility index (Phi) is 4.55. The first-order valence-electron chi connectivity index (χ1n) is 3.03. The summed E-state index contributed by atoms with van der Waals surface area (Å²) in [4.78, 5) is -0.0244. The standard InChI is InChI=1S/C6H11N3O2/c1-3-5-8(6-4-2)9(11)7-10/h3-4,10H,1-2,5-6H2/p-1/b9-7-. The van der Waals surface area contributed by atoms with Crippen molar-refractivity contribution in [3.05, 3.63) is 35.7 Å². The molecule has 0 atom stereocenters. The molecule has 0 aromatic carbocycles. The fourth-order valence-corrected chi connectivity index (χ4v) is 0.564. The maximum Gasteiger partial charge on any atom is 0.0950 e. The van der Waals surface area contributed by atoms with E-state index >= 15 is 0 Å². The molecule has 0 heterocycles. The molecule has 62 valence electrons. The van der Waals surface area contributed by atoms with Gasteiger partial charge in [0.05, 0.1) is 13.1 Å². The van der Waals surface area contributed by atoms with E-state index in [0.717, 1.165) is 5.01 Å². The number of hydrazine groups is 1. The molecule has 0 saturated carbocycles. The van der Waals surface area contributed by atoms with Crippen LogP contribution in [0.25, 0.3) is 0 Å². The van der Waals surface area contributed by atoms with Crippen LogP contribution in [0.15, 0.2) is 30.6 Å². The largest absolute Gasteiger partial charge is 0.737 e. The van der Waals surface area contributed by atoms with Crippen molar-refractivity contribution < 1.29 is 4.97 Å². The molecule has 0 saturated heterocycles. The third-order valence-corrected chi connectivity index (χ3v) is 0.992. The van der Waals surface area contributed by atoms with Gasteiger partial charge in [0.2, 0.25) is 0 Å². The minimum Gasteiger partial charge on any atom is -0.737 e. The molecule has 0 aliphatic rings. The molecule has 0 fully saturated rings. The van der Waals surface area contributed by atoms with Gasteiger partial charge in [-0.05, 0) is 5.28 Å². The van der Waals surface area contributed by atoms with Crippen molar-refractivity contribution in [2.45, 2.75) is 0 Å². The molecule has 0 amide bonds. The molecule has 0 unspecified atom stereocenters. The predicted octanol–water partition coefficient (Wildman–Crippen LogP) is 1.04. The van der Waals surface area contributed by atoms with E-state index in [0.29, 0.717) is 0 Å². The van der Waals surface area contributed by atoms with Gasteiger partial charge in [-0.3, -0.25) is 0 Å². The van der Waals surface area contributed by atoms with Crippen molar-refractivity contribution >= 4 is 0 Å². The van der Waals surface area contributed by atoms with Crippen LogP contribution in [0.1, 0.15) is 0 Å². The average molecular weight is 156 g/mol. The molecule has 0 radical (unpaired) electrons. The van der Waals surface area contributed by atoms with E-state index < -0.39 is 0 Å². The van der Waals surface area contributed by atoms with E-state index in [1.54, 1.807) is 0 Å². The fraction of sp³-hybridized carbons (Fsp3) is 0.333. The Morgan fingerprint density at radius 2 is 1.82 bits per heavy atom. The second-order valence-corrected chi connectivity index (χ2v) is 1.78. The van der Waals surface area contributed by atoms with Crippen LogP contribution in [0.5, 0.6) is 0 Å². The maximum absolute atomic E-state index is 10.6. The van der Waals surface area contributed by atoms with Crippen molar-refractivity contribution in [3.8, 4) is 0 Å². The summed E-state index contributed by atoms with van der Waals surface area (Å²) in [5, 5.41) is 23.6. The van der Waals surface area contributed by atoms with Gasteiger partial charge in [0.15, 0.2) is 0 Å². The predicted molar refractivity (Wildman–Crippen MR) is 41.4 cm³/mol. The Morgan fingerprint density at radius 3 is 2.09 bits per heavy atom. The van der Waals surface area contributed by atoms with Crippen LogP contribution in [-0.4, -0.2) is 23.1 Å². The lowest BCUT2D eigenvalue weighted by molar-refractivity contribution is -0.686. The molecule has 5 heteroatoms. The summed E-state index contributed by atoms with van der Waals surface area (Å²) in [6.07, 6.45) is 3.00. The Labute approximate surface area is 65.1 Å². The van der Waals surface area contributed by atoms with Crippen LogP contribution < -0.4 is 0 Å². The number of nitrogens with zero attached hydrogens (tertiary/aromatic N) is 3. The molecule has 0 N–H and O–H groups in total. The summed E-state index contributed by atoms with van der Waals surface area (Å²) in [6.45, 7) is 7.39. The highest BCUT2D eigenvalue weighted by molar-refractivity contribution is 4.74. The number of rotatable bonds is 5. The summed E-state index contributed by atoms with van der Waals surface area (Å²) in [7, 11) is 0. The van der Waals surface area contributed by atoms with Crippen LogP contribution in [0.4, 0.5) is 0 Å².